The van der Waals surface area contributed by atoms with Crippen LogP contribution in [-0.4, -0.2) is 19.8 Å². The van der Waals surface area contributed by atoms with Gasteiger partial charge in [0, 0.05) is 18.2 Å². The van der Waals surface area contributed by atoms with Gasteiger partial charge in [-0.25, -0.2) is 0 Å². The number of hydrogen-bond donors (Lipinski definition) is 1. The van der Waals surface area contributed by atoms with Crippen LogP contribution in [0.4, 0.5) is 0 Å². The summed E-state index contributed by atoms with van der Waals surface area (Å²) in [7, 11) is 1.68. The van der Waals surface area contributed by atoms with Gasteiger partial charge < -0.3 is 15.2 Å². The third-order valence-corrected chi connectivity index (χ3v) is 2.36. The fourth-order valence-corrected chi connectivity index (χ4v) is 1.66. The molecule has 1 unspecified atom stereocenters. The lowest BCUT2D eigenvalue weighted by Crippen LogP contribution is -2.17. The summed E-state index contributed by atoms with van der Waals surface area (Å²) in [5, 5.41) is 0. The average molecular weight is 260 g/mol. The molecule has 0 fully saturated rings. The van der Waals surface area contributed by atoms with Crippen LogP contribution in [0.1, 0.15) is 25.0 Å². The lowest BCUT2D eigenvalue weighted by Gasteiger charge is -2.12. The van der Waals surface area contributed by atoms with E-state index in [4.69, 9.17) is 15.2 Å². The average Bonchev–Trinajstić information content (AvgIpc) is 2.25. The first kappa shape index (κ1) is 16.2. The second-order valence-corrected chi connectivity index (χ2v) is 3.96. The zero-order valence-corrected chi connectivity index (χ0v) is 11.5. The van der Waals surface area contributed by atoms with Crippen LogP contribution in [0, 0.1) is 0 Å². The monoisotopic (exact) mass is 259 g/mol. The van der Waals surface area contributed by atoms with Gasteiger partial charge in [-0.15, -0.1) is 12.4 Å². The van der Waals surface area contributed by atoms with Crippen LogP contribution in [0.2, 0.25) is 0 Å². The van der Waals surface area contributed by atoms with E-state index in [0.717, 1.165) is 17.7 Å². The minimum Gasteiger partial charge on any atom is -0.496 e. The van der Waals surface area contributed by atoms with Crippen LogP contribution in [0.5, 0.6) is 5.75 Å². The smallest absolute Gasteiger partial charge is 0.124 e. The van der Waals surface area contributed by atoms with E-state index in [0.29, 0.717) is 13.2 Å². The molecule has 0 radical (unpaired) electrons. The van der Waals surface area contributed by atoms with Crippen LogP contribution in [-0.2, 0) is 17.8 Å². The number of nitrogens with two attached hydrogens (primary N) is 1. The van der Waals surface area contributed by atoms with Gasteiger partial charge in [-0.1, -0.05) is 6.07 Å². The van der Waals surface area contributed by atoms with Gasteiger partial charge in [-0.2, -0.15) is 0 Å². The highest BCUT2D eigenvalue weighted by Crippen LogP contribution is 2.21. The Balaban J connectivity index is 0.00000256. The minimum absolute atomic E-state index is 0. The maximum absolute atomic E-state index is 5.78. The molecule has 0 saturated carbocycles. The van der Waals surface area contributed by atoms with Crippen molar-refractivity contribution >= 4 is 12.4 Å². The normalized spacial score (nSPS) is 11.8. The van der Waals surface area contributed by atoms with Gasteiger partial charge in [0.15, 0.2) is 0 Å². The van der Waals surface area contributed by atoms with Gasteiger partial charge in [0.05, 0.1) is 13.7 Å². The fourth-order valence-electron chi connectivity index (χ4n) is 1.66. The predicted octanol–water partition coefficient (Wildman–Crippen LogP) is 2.54. The van der Waals surface area contributed by atoms with E-state index in [1.165, 1.54) is 5.56 Å². The molecule has 4 heteroatoms. The van der Waals surface area contributed by atoms with Crippen molar-refractivity contribution in [3.05, 3.63) is 29.3 Å². The zero-order valence-electron chi connectivity index (χ0n) is 10.7. The summed E-state index contributed by atoms with van der Waals surface area (Å²) >= 11 is 0. The van der Waals surface area contributed by atoms with E-state index >= 15 is 0 Å². The van der Waals surface area contributed by atoms with Gasteiger partial charge in [0.2, 0.25) is 0 Å². The SMILES string of the molecule is CCOCc1cc(CC(C)N)ccc1OC.Cl. The van der Waals surface area contributed by atoms with Gasteiger partial charge in [-0.3, -0.25) is 0 Å². The predicted molar refractivity (Wildman–Crippen MR) is 72.9 cm³/mol. The van der Waals surface area contributed by atoms with Crippen molar-refractivity contribution < 1.29 is 9.47 Å². The van der Waals surface area contributed by atoms with Crippen molar-refractivity contribution in [1.29, 1.82) is 0 Å². The van der Waals surface area contributed by atoms with Crippen molar-refractivity contribution in [3.8, 4) is 5.75 Å². The molecule has 1 atom stereocenters. The Morgan fingerprint density at radius 1 is 1.35 bits per heavy atom. The number of ether oxygens (including phenoxy) is 2. The van der Waals surface area contributed by atoms with Crippen molar-refractivity contribution in [1.82, 2.24) is 0 Å². The van der Waals surface area contributed by atoms with Crippen molar-refractivity contribution in [2.24, 2.45) is 5.73 Å². The quantitative estimate of drug-likeness (QED) is 0.854. The molecule has 3 nitrogen and oxygen atoms in total. The largest absolute Gasteiger partial charge is 0.496 e. The molecular weight excluding hydrogens is 238 g/mol. The van der Waals surface area contributed by atoms with E-state index in [1.54, 1.807) is 7.11 Å². The third-order valence-electron chi connectivity index (χ3n) is 2.36. The maximum Gasteiger partial charge on any atom is 0.124 e. The molecule has 1 aromatic rings. The Morgan fingerprint density at radius 3 is 2.59 bits per heavy atom. The first-order valence-electron chi connectivity index (χ1n) is 5.66. The van der Waals surface area contributed by atoms with E-state index in [-0.39, 0.29) is 18.4 Å². The second kappa shape index (κ2) is 8.34. The van der Waals surface area contributed by atoms with Crippen LogP contribution in [0.3, 0.4) is 0 Å². The molecule has 0 saturated heterocycles. The highest BCUT2D eigenvalue weighted by molar-refractivity contribution is 5.85. The van der Waals surface area contributed by atoms with Gasteiger partial charge in [0.25, 0.3) is 0 Å². The summed E-state index contributed by atoms with van der Waals surface area (Å²) in [5.74, 6) is 0.877. The molecule has 0 bridgehead atoms. The molecule has 2 N–H and O–H groups in total. The maximum atomic E-state index is 5.78. The summed E-state index contributed by atoms with van der Waals surface area (Å²) in [5.41, 5.74) is 8.10. The van der Waals surface area contributed by atoms with Gasteiger partial charge in [-0.05, 0) is 38.0 Å². The number of halogens is 1. The third kappa shape index (κ3) is 5.39. The topological polar surface area (TPSA) is 44.5 Å². The molecule has 17 heavy (non-hydrogen) atoms. The molecule has 0 aliphatic carbocycles. The second-order valence-electron chi connectivity index (χ2n) is 3.96. The minimum atomic E-state index is 0. The number of methoxy groups -OCH3 is 1. The van der Waals surface area contributed by atoms with Crippen LogP contribution < -0.4 is 10.5 Å². The van der Waals surface area contributed by atoms with E-state index in [1.807, 2.05) is 19.9 Å². The summed E-state index contributed by atoms with van der Waals surface area (Å²) in [4.78, 5) is 0. The first-order chi connectivity index (χ1) is 7.67. The number of rotatable bonds is 6. The van der Waals surface area contributed by atoms with Crippen molar-refractivity contribution in [3.63, 3.8) is 0 Å². The Hall–Kier alpha value is -0.770. The number of hydrogen-bond acceptors (Lipinski definition) is 3. The molecule has 1 aromatic carbocycles. The highest BCUT2D eigenvalue weighted by atomic mass is 35.5. The molecule has 98 valence electrons. The standard InChI is InChI=1S/C13H21NO2.ClH/c1-4-16-9-12-8-11(7-10(2)14)5-6-13(12)15-3;/h5-6,8,10H,4,7,9,14H2,1-3H3;1H. The fraction of sp³-hybridized carbons (Fsp3) is 0.538. The first-order valence-corrected chi connectivity index (χ1v) is 5.66. The summed E-state index contributed by atoms with van der Waals surface area (Å²) in [6.45, 7) is 5.29. The van der Waals surface area contributed by atoms with E-state index in [9.17, 15) is 0 Å². The molecule has 0 heterocycles. The molecule has 0 aliphatic rings. The van der Waals surface area contributed by atoms with Crippen LogP contribution >= 0.6 is 12.4 Å². The van der Waals surface area contributed by atoms with E-state index in [2.05, 4.69) is 12.1 Å². The molecule has 1 rings (SSSR count). The van der Waals surface area contributed by atoms with Crippen molar-refractivity contribution in [2.75, 3.05) is 13.7 Å². The zero-order chi connectivity index (χ0) is 12.0. The van der Waals surface area contributed by atoms with Crippen LogP contribution in [0.15, 0.2) is 18.2 Å². The van der Waals surface area contributed by atoms with Gasteiger partial charge in [0.1, 0.15) is 5.75 Å². The Labute approximate surface area is 110 Å². The van der Waals surface area contributed by atoms with E-state index < -0.39 is 0 Å². The van der Waals surface area contributed by atoms with Crippen LogP contribution in [0.25, 0.3) is 0 Å². The summed E-state index contributed by atoms with van der Waals surface area (Å²) < 4.78 is 10.7. The lowest BCUT2D eigenvalue weighted by molar-refractivity contribution is 0.132. The molecule has 0 aliphatic heterocycles. The molecule has 0 amide bonds. The summed E-state index contributed by atoms with van der Waals surface area (Å²) in [6, 6.07) is 6.31. The lowest BCUT2D eigenvalue weighted by atomic mass is 10.0. The number of benzene rings is 1. The molecule has 0 aromatic heterocycles. The van der Waals surface area contributed by atoms with Gasteiger partial charge >= 0.3 is 0 Å². The Bertz CT molecular complexity index is 329. The van der Waals surface area contributed by atoms with Crippen molar-refractivity contribution in [2.45, 2.75) is 32.9 Å². The molecule has 0 spiro atoms. The Morgan fingerprint density at radius 2 is 2.06 bits per heavy atom. The highest BCUT2D eigenvalue weighted by Gasteiger charge is 2.05. The summed E-state index contributed by atoms with van der Waals surface area (Å²) in [6.07, 6.45) is 0.878. The Kier molecular flexibility index (Phi) is 7.96. The molecular formula is C13H22ClNO2.